The molecule has 10 nitrogen and oxygen atoms in total. The van der Waals surface area contributed by atoms with E-state index in [1.165, 1.54) is 0 Å². The molecule has 1 atom stereocenters. The number of aliphatic hydroxyl groups excluding tert-OH is 1. The molecule has 0 aliphatic heterocycles. The predicted molar refractivity (Wildman–Crippen MR) is 127 cm³/mol. The summed E-state index contributed by atoms with van der Waals surface area (Å²) in [6.07, 6.45) is 1.09. The third-order valence-corrected chi connectivity index (χ3v) is 5.67. The van der Waals surface area contributed by atoms with Gasteiger partial charge in [-0.25, -0.2) is 9.97 Å². The van der Waals surface area contributed by atoms with Crippen LogP contribution in [-0.2, 0) is 0 Å². The highest BCUT2D eigenvalue weighted by atomic mass is 32.1. The Balaban J connectivity index is 1.32. The van der Waals surface area contributed by atoms with Crippen LogP contribution in [0.1, 0.15) is 0 Å². The molecular weight excluding hydrogens is 440 g/mol. The lowest BCUT2D eigenvalue weighted by atomic mass is 10.3. The van der Waals surface area contributed by atoms with E-state index in [0.717, 1.165) is 21.6 Å². The van der Waals surface area contributed by atoms with Gasteiger partial charge in [0.05, 0.1) is 27.6 Å². The molecule has 0 aliphatic carbocycles. The van der Waals surface area contributed by atoms with E-state index in [-0.39, 0.29) is 6.61 Å². The highest BCUT2D eigenvalue weighted by Gasteiger charge is 2.12. The zero-order chi connectivity index (χ0) is 22.8. The number of aromatic nitrogens is 6. The molecule has 0 bridgehead atoms. The molecule has 0 saturated carbocycles. The van der Waals surface area contributed by atoms with Crippen molar-refractivity contribution in [3.63, 3.8) is 0 Å². The van der Waals surface area contributed by atoms with Crippen LogP contribution in [0.15, 0.2) is 54.2 Å². The Labute approximate surface area is 193 Å². The van der Waals surface area contributed by atoms with Gasteiger partial charge in [-0.2, -0.15) is 9.67 Å². The quantitative estimate of drug-likeness (QED) is 0.359. The van der Waals surface area contributed by atoms with Crippen LogP contribution in [-0.4, -0.2) is 73.3 Å². The number of anilines is 2. The summed E-state index contributed by atoms with van der Waals surface area (Å²) < 4.78 is 8.41. The van der Waals surface area contributed by atoms with Gasteiger partial charge in [-0.3, -0.25) is 0 Å². The van der Waals surface area contributed by atoms with Crippen LogP contribution in [0.25, 0.3) is 27.1 Å². The SMILES string of the molecule is CN(C)CC(O)COc1ccc(Nc2ncc3nnn(-c4ccc5ncsc5c4)c3n2)cc1. The summed E-state index contributed by atoms with van der Waals surface area (Å²) in [7, 11) is 3.82. The number of likely N-dealkylation sites (N-methyl/N-ethyl adjacent to an activating group) is 1. The van der Waals surface area contributed by atoms with Crippen molar-refractivity contribution in [3.8, 4) is 11.4 Å². The smallest absolute Gasteiger partial charge is 0.229 e. The molecule has 11 heteroatoms. The topological polar surface area (TPSA) is 114 Å². The van der Waals surface area contributed by atoms with Gasteiger partial charge < -0.3 is 20.1 Å². The Morgan fingerprint density at radius 2 is 1.97 bits per heavy atom. The number of hydrogen-bond donors (Lipinski definition) is 2. The Kier molecular flexibility index (Phi) is 5.82. The first-order valence-corrected chi connectivity index (χ1v) is 11.2. The van der Waals surface area contributed by atoms with Crippen molar-refractivity contribution in [1.29, 1.82) is 0 Å². The minimum Gasteiger partial charge on any atom is -0.491 e. The molecule has 0 aliphatic rings. The number of nitrogens with one attached hydrogen (secondary N) is 1. The number of thiazole rings is 1. The molecule has 0 fully saturated rings. The molecule has 0 amide bonds. The molecule has 2 N–H and O–H groups in total. The minimum absolute atomic E-state index is 0.231. The Hall–Kier alpha value is -3.67. The van der Waals surface area contributed by atoms with Crippen molar-refractivity contribution < 1.29 is 9.84 Å². The predicted octanol–water partition coefficient (Wildman–Crippen LogP) is 2.87. The number of fused-ring (bicyclic) bond motifs is 2. The summed E-state index contributed by atoms with van der Waals surface area (Å²) in [5.74, 6) is 1.11. The lowest BCUT2D eigenvalue weighted by Gasteiger charge is -2.16. The maximum absolute atomic E-state index is 9.93. The van der Waals surface area contributed by atoms with Crippen molar-refractivity contribution >= 4 is 44.4 Å². The largest absolute Gasteiger partial charge is 0.491 e. The average Bonchev–Trinajstić information content (AvgIpc) is 3.44. The number of nitrogens with zero attached hydrogens (tertiary/aromatic N) is 7. The van der Waals surface area contributed by atoms with Gasteiger partial charge in [-0.05, 0) is 56.6 Å². The van der Waals surface area contributed by atoms with Crippen molar-refractivity contribution in [1.82, 2.24) is 34.8 Å². The highest BCUT2D eigenvalue weighted by Crippen LogP contribution is 2.24. The van der Waals surface area contributed by atoms with Crippen molar-refractivity contribution in [2.75, 3.05) is 32.6 Å². The molecule has 3 aromatic heterocycles. The lowest BCUT2D eigenvalue weighted by molar-refractivity contribution is 0.0831. The van der Waals surface area contributed by atoms with Crippen LogP contribution in [0.2, 0.25) is 0 Å². The lowest BCUT2D eigenvalue weighted by Crippen LogP contribution is -2.30. The van der Waals surface area contributed by atoms with Gasteiger partial charge in [-0.15, -0.1) is 16.4 Å². The van der Waals surface area contributed by atoms with Crippen LogP contribution in [0.4, 0.5) is 11.6 Å². The van der Waals surface area contributed by atoms with Crippen LogP contribution in [0, 0.1) is 0 Å². The number of benzene rings is 2. The summed E-state index contributed by atoms with van der Waals surface area (Å²) in [5, 5.41) is 21.6. The Morgan fingerprint density at radius 1 is 1.12 bits per heavy atom. The second kappa shape index (κ2) is 9.06. The highest BCUT2D eigenvalue weighted by molar-refractivity contribution is 7.16. The fourth-order valence-electron chi connectivity index (χ4n) is 3.37. The van der Waals surface area contributed by atoms with Gasteiger partial charge >= 0.3 is 0 Å². The van der Waals surface area contributed by atoms with Gasteiger partial charge in [0.15, 0.2) is 11.2 Å². The van der Waals surface area contributed by atoms with E-state index in [4.69, 9.17) is 4.74 Å². The van der Waals surface area contributed by atoms with Gasteiger partial charge in [0.1, 0.15) is 18.5 Å². The normalized spacial score (nSPS) is 12.5. The number of rotatable bonds is 8. The number of ether oxygens (including phenoxy) is 1. The molecule has 2 aromatic carbocycles. The first kappa shape index (κ1) is 21.2. The summed E-state index contributed by atoms with van der Waals surface area (Å²) >= 11 is 1.57. The molecule has 33 heavy (non-hydrogen) atoms. The van der Waals surface area contributed by atoms with Crippen molar-refractivity contribution in [3.05, 3.63) is 54.2 Å². The molecule has 0 radical (unpaired) electrons. The van der Waals surface area contributed by atoms with Gasteiger partial charge in [-0.1, -0.05) is 5.21 Å². The van der Waals surface area contributed by atoms with Crippen LogP contribution in [0.3, 0.4) is 0 Å². The van der Waals surface area contributed by atoms with E-state index in [2.05, 4.69) is 30.6 Å². The molecule has 3 heterocycles. The van der Waals surface area contributed by atoms with E-state index < -0.39 is 6.10 Å². The van der Waals surface area contributed by atoms with Crippen LogP contribution in [0.5, 0.6) is 5.75 Å². The third-order valence-electron chi connectivity index (χ3n) is 4.88. The minimum atomic E-state index is -0.548. The van der Waals surface area contributed by atoms with Crippen LogP contribution >= 0.6 is 11.3 Å². The zero-order valence-corrected chi connectivity index (χ0v) is 18.9. The Bertz CT molecular complexity index is 1380. The molecule has 168 valence electrons. The first-order valence-electron chi connectivity index (χ1n) is 10.3. The number of aliphatic hydroxyl groups is 1. The van der Waals surface area contributed by atoms with E-state index in [1.807, 2.05) is 67.0 Å². The van der Waals surface area contributed by atoms with E-state index in [1.54, 1.807) is 22.2 Å². The molecule has 5 rings (SSSR count). The summed E-state index contributed by atoms with van der Waals surface area (Å²) in [6.45, 7) is 0.776. The van der Waals surface area contributed by atoms with E-state index in [0.29, 0.717) is 29.4 Å². The van der Waals surface area contributed by atoms with Gasteiger partial charge in [0.25, 0.3) is 0 Å². The second-order valence-corrected chi connectivity index (χ2v) is 8.67. The average molecular weight is 463 g/mol. The first-order chi connectivity index (χ1) is 16.0. The van der Waals surface area contributed by atoms with E-state index >= 15 is 0 Å². The maximum atomic E-state index is 9.93. The standard InChI is InChI=1S/C22H22N8O2S/c1-29(2)11-16(31)12-32-17-6-3-14(4-7-17)25-22-23-10-19-21(26-22)30(28-27-19)15-5-8-18-20(9-15)33-13-24-18/h3-10,13,16,31H,11-12H2,1-2H3,(H,23,25,26). The molecular formula is C22H22N8O2S. The molecule has 1 unspecified atom stereocenters. The molecule has 0 saturated heterocycles. The zero-order valence-electron chi connectivity index (χ0n) is 18.1. The number of hydrogen-bond acceptors (Lipinski definition) is 10. The fraction of sp³-hybridized carbons (Fsp3) is 0.227. The molecule has 0 spiro atoms. The third kappa shape index (κ3) is 4.75. The molecule has 5 aromatic rings. The summed E-state index contributed by atoms with van der Waals surface area (Å²) in [6, 6.07) is 13.3. The van der Waals surface area contributed by atoms with Crippen molar-refractivity contribution in [2.45, 2.75) is 6.10 Å². The van der Waals surface area contributed by atoms with Gasteiger partial charge in [0.2, 0.25) is 5.95 Å². The van der Waals surface area contributed by atoms with E-state index in [9.17, 15) is 5.11 Å². The fourth-order valence-corrected chi connectivity index (χ4v) is 4.08. The maximum Gasteiger partial charge on any atom is 0.229 e. The summed E-state index contributed by atoms with van der Waals surface area (Å²) in [4.78, 5) is 15.2. The van der Waals surface area contributed by atoms with Gasteiger partial charge in [0, 0.05) is 12.2 Å². The van der Waals surface area contributed by atoms with Crippen LogP contribution < -0.4 is 10.1 Å². The second-order valence-electron chi connectivity index (χ2n) is 7.78. The Morgan fingerprint density at radius 3 is 2.79 bits per heavy atom. The summed E-state index contributed by atoms with van der Waals surface area (Å²) in [5.41, 5.74) is 5.64. The van der Waals surface area contributed by atoms with Crippen molar-refractivity contribution in [2.24, 2.45) is 0 Å². The monoisotopic (exact) mass is 462 g/mol.